The molecule has 1 aromatic heterocycles. The highest BCUT2D eigenvalue weighted by Crippen LogP contribution is 2.31. The highest BCUT2D eigenvalue weighted by atomic mass is 19.2. The van der Waals surface area contributed by atoms with Gasteiger partial charge >= 0.3 is 0 Å². The van der Waals surface area contributed by atoms with Gasteiger partial charge < -0.3 is 14.4 Å². The molecule has 0 radical (unpaired) electrons. The molecule has 0 unspecified atom stereocenters. The van der Waals surface area contributed by atoms with Crippen molar-refractivity contribution in [2.75, 3.05) is 25.7 Å². The van der Waals surface area contributed by atoms with Crippen molar-refractivity contribution in [3.8, 4) is 11.6 Å². The Kier molecular flexibility index (Phi) is 3.83. The molecule has 2 heterocycles. The summed E-state index contributed by atoms with van der Waals surface area (Å²) in [5, 5.41) is 0. The Morgan fingerprint density at radius 2 is 1.91 bits per heavy atom. The van der Waals surface area contributed by atoms with E-state index in [1.54, 1.807) is 13.3 Å². The quantitative estimate of drug-likeness (QED) is 0.873. The number of aromatic nitrogens is 1. The molecular weight excluding hydrogens is 290 g/mol. The number of halogens is 2. The summed E-state index contributed by atoms with van der Waals surface area (Å²) < 4.78 is 37.2. The summed E-state index contributed by atoms with van der Waals surface area (Å²) in [4.78, 5) is 6.17. The van der Waals surface area contributed by atoms with Crippen LogP contribution in [-0.2, 0) is 13.0 Å². The maximum atomic E-state index is 13.7. The largest absolute Gasteiger partial charge is 0.493 e. The Bertz CT molecular complexity index is 707. The molecule has 1 aromatic carbocycles. The third kappa shape index (κ3) is 2.56. The van der Waals surface area contributed by atoms with Crippen LogP contribution < -0.4 is 14.4 Å². The van der Waals surface area contributed by atoms with Crippen LogP contribution in [0.2, 0.25) is 0 Å². The van der Waals surface area contributed by atoms with Gasteiger partial charge in [-0.05, 0) is 17.5 Å². The van der Waals surface area contributed by atoms with E-state index in [2.05, 4.69) is 4.98 Å². The summed E-state index contributed by atoms with van der Waals surface area (Å²) in [6.45, 7) is 1.29. The van der Waals surface area contributed by atoms with E-state index in [0.717, 1.165) is 17.5 Å². The summed E-state index contributed by atoms with van der Waals surface area (Å²) in [5.41, 5.74) is 2.81. The smallest absolute Gasteiger partial charge is 0.213 e. The number of rotatable bonds is 3. The zero-order valence-corrected chi connectivity index (χ0v) is 12.4. The molecule has 0 atom stereocenters. The minimum Gasteiger partial charge on any atom is -0.493 e. The van der Waals surface area contributed by atoms with E-state index in [0.29, 0.717) is 24.7 Å². The highest BCUT2D eigenvalue weighted by Gasteiger charge is 2.20. The molecule has 0 N–H and O–H groups in total. The number of fused-ring (bicyclic) bond motifs is 1. The lowest BCUT2D eigenvalue weighted by molar-refractivity contribution is 0.372. The van der Waals surface area contributed by atoms with Crippen LogP contribution in [0.25, 0.3) is 0 Å². The van der Waals surface area contributed by atoms with E-state index in [-0.39, 0.29) is 5.75 Å². The van der Waals surface area contributed by atoms with Gasteiger partial charge in [-0.15, -0.1) is 0 Å². The molecule has 0 saturated carbocycles. The van der Waals surface area contributed by atoms with Crippen molar-refractivity contribution in [1.82, 2.24) is 4.98 Å². The fraction of sp³-hybridized carbons (Fsp3) is 0.312. The number of hydrogen-bond donors (Lipinski definition) is 0. The predicted octanol–water partition coefficient (Wildman–Crippen LogP) is 2.94. The van der Waals surface area contributed by atoms with E-state index in [9.17, 15) is 8.78 Å². The number of methoxy groups -OCH3 is 2. The van der Waals surface area contributed by atoms with Gasteiger partial charge in [0, 0.05) is 43.2 Å². The average Bonchev–Trinajstić information content (AvgIpc) is 2.56. The summed E-state index contributed by atoms with van der Waals surface area (Å²) in [5.74, 6) is -1.38. The van der Waals surface area contributed by atoms with Gasteiger partial charge in [0.05, 0.1) is 14.2 Å². The summed E-state index contributed by atoms with van der Waals surface area (Å²) in [6, 6.07) is 4.62. The first kappa shape index (κ1) is 14.6. The first-order valence-corrected chi connectivity index (χ1v) is 6.92. The molecule has 1 aliphatic rings. The van der Waals surface area contributed by atoms with Crippen molar-refractivity contribution in [2.45, 2.75) is 13.0 Å². The minimum absolute atomic E-state index is 0.0892. The molecule has 0 saturated heterocycles. The molecule has 1 aliphatic heterocycles. The number of ether oxygens (including phenoxy) is 2. The van der Waals surface area contributed by atoms with Crippen molar-refractivity contribution in [3.63, 3.8) is 0 Å². The van der Waals surface area contributed by atoms with Gasteiger partial charge in [0.1, 0.15) is 0 Å². The van der Waals surface area contributed by atoms with Crippen LogP contribution >= 0.6 is 0 Å². The number of nitrogens with zero attached hydrogens (tertiary/aromatic N) is 2. The molecule has 0 fully saturated rings. The Morgan fingerprint density at radius 3 is 2.64 bits per heavy atom. The lowest BCUT2D eigenvalue weighted by atomic mass is 10.0. The van der Waals surface area contributed by atoms with Gasteiger partial charge in [0.2, 0.25) is 11.7 Å². The molecule has 3 rings (SSSR count). The lowest BCUT2D eigenvalue weighted by Gasteiger charge is -2.31. The first-order chi connectivity index (χ1) is 10.6. The molecule has 0 amide bonds. The highest BCUT2D eigenvalue weighted by molar-refractivity contribution is 5.54. The Hall–Kier alpha value is -2.37. The normalized spacial score (nSPS) is 13.7. The lowest BCUT2D eigenvalue weighted by Crippen LogP contribution is -2.30. The number of anilines is 1. The van der Waals surface area contributed by atoms with Crippen LogP contribution in [0.5, 0.6) is 11.6 Å². The van der Waals surface area contributed by atoms with Crippen LogP contribution in [0.3, 0.4) is 0 Å². The maximum absolute atomic E-state index is 13.7. The number of pyridine rings is 1. The fourth-order valence-corrected chi connectivity index (χ4v) is 2.63. The Morgan fingerprint density at radius 1 is 1.09 bits per heavy atom. The first-order valence-electron chi connectivity index (χ1n) is 6.92. The molecule has 4 nitrogen and oxygen atoms in total. The van der Waals surface area contributed by atoms with Gasteiger partial charge in [-0.1, -0.05) is 0 Å². The predicted molar refractivity (Wildman–Crippen MR) is 78.5 cm³/mol. The topological polar surface area (TPSA) is 34.6 Å². The van der Waals surface area contributed by atoms with E-state index in [1.807, 2.05) is 11.0 Å². The van der Waals surface area contributed by atoms with Crippen LogP contribution in [0.15, 0.2) is 24.4 Å². The molecule has 116 valence electrons. The van der Waals surface area contributed by atoms with Crippen molar-refractivity contribution in [1.29, 1.82) is 0 Å². The van der Waals surface area contributed by atoms with Gasteiger partial charge in [-0.2, -0.15) is 4.39 Å². The summed E-state index contributed by atoms with van der Waals surface area (Å²) in [7, 11) is 2.90. The SMILES string of the molecule is COc1cc2c(cn1)CN(c1cc(F)c(F)c(OC)c1)CC2. The van der Waals surface area contributed by atoms with E-state index in [1.165, 1.54) is 19.2 Å². The van der Waals surface area contributed by atoms with Gasteiger partial charge in [0.15, 0.2) is 11.6 Å². The van der Waals surface area contributed by atoms with Crippen molar-refractivity contribution in [3.05, 3.63) is 47.2 Å². The van der Waals surface area contributed by atoms with Crippen LogP contribution in [0.1, 0.15) is 11.1 Å². The van der Waals surface area contributed by atoms with Crippen LogP contribution in [-0.4, -0.2) is 25.7 Å². The minimum atomic E-state index is -0.963. The molecular formula is C16H16F2N2O2. The molecule has 22 heavy (non-hydrogen) atoms. The molecule has 6 heteroatoms. The molecule has 0 bridgehead atoms. The van der Waals surface area contributed by atoms with Crippen molar-refractivity contribution < 1.29 is 18.3 Å². The average molecular weight is 306 g/mol. The summed E-state index contributed by atoms with van der Waals surface area (Å²) >= 11 is 0. The molecule has 2 aromatic rings. The van der Waals surface area contributed by atoms with Gasteiger partial charge in [-0.25, -0.2) is 9.37 Å². The maximum Gasteiger partial charge on any atom is 0.213 e. The van der Waals surface area contributed by atoms with E-state index in [4.69, 9.17) is 9.47 Å². The second-order valence-electron chi connectivity index (χ2n) is 5.11. The van der Waals surface area contributed by atoms with Gasteiger partial charge in [-0.3, -0.25) is 0 Å². The van der Waals surface area contributed by atoms with Gasteiger partial charge in [0.25, 0.3) is 0 Å². The van der Waals surface area contributed by atoms with E-state index >= 15 is 0 Å². The number of benzene rings is 1. The second kappa shape index (κ2) is 5.79. The summed E-state index contributed by atoms with van der Waals surface area (Å²) in [6.07, 6.45) is 2.55. The van der Waals surface area contributed by atoms with Crippen molar-refractivity contribution in [2.24, 2.45) is 0 Å². The second-order valence-corrected chi connectivity index (χ2v) is 5.11. The fourth-order valence-electron chi connectivity index (χ4n) is 2.63. The Labute approximate surface area is 127 Å². The molecule has 0 spiro atoms. The monoisotopic (exact) mass is 306 g/mol. The zero-order valence-electron chi connectivity index (χ0n) is 12.4. The number of hydrogen-bond acceptors (Lipinski definition) is 4. The van der Waals surface area contributed by atoms with Crippen LogP contribution in [0.4, 0.5) is 14.5 Å². The van der Waals surface area contributed by atoms with Crippen molar-refractivity contribution >= 4 is 5.69 Å². The Balaban J connectivity index is 1.90. The third-order valence-corrected chi connectivity index (χ3v) is 3.84. The van der Waals surface area contributed by atoms with Crippen LogP contribution in [0, 0.1) is 11.6 Å². The third-order valence-electron chi connectivity index (χ3n) is 3.84. The standard InChI is InChI=1S/C16H16F2N2O2/c1-21-14-7-12(6-13(17)16(14)18)20-4-3-10-5-15(22-2)19-8-11(10)9-20/h5-8H,3-4,9H2,1-2H3. The van der Waals surface area contributed by atoms with E-state index < -0.39 is 11.6 Å². The zero-order chi connectivity index (χ0) is 15.7. The molecule has 0 aliphatic carbocycles.